The Labute approximate surface area is 119 Å². The molecule has 0 heterocycles. The van der Waals surface area contributed by atoms with Crippen LogP contribution in [-0.4, -0.2) is 24.9 Å². The van der Waals surface area contributed by atoms with Crippen LogP contribution in [0.2, 0.25) is 0 Å². The van der Waals surface area contributed by atoms with Crippen LogP contribution < -0.4 is 16.4 Å². The van der Waals surface area contributed by atoms with E-state index >= 15 is 0 Å². The fraction of sp³-hybridized carbons (Fsp3) is 0.385. The molecule has 0 aliphatic heterocycles. The molecule has 4 N–H and O–H groups in total. The second-order valence-corrected chi connectivity index (χ2v) is 4.13. The van der Waals surface area contributed by atoms with Crippen LogP contribution in [0.5, 0.6) is 0 Å². The van der Waals surface area contributed by atoms with Crippen molar-refractivity contribution >= 4 is 24.2 Å². The zero-order valence-corrected chi connectivity index (χ0v) is 11.9. The van der Waals surface area contributed by atoms with Crippen LogP contribution in [0.25, 0.3) is 0 Å². The van der Waals surface area contributed by atoms with Crippen molar-refractivity contribution in [1.29, 1.82) is 0 Å². The highest BCUT2D eigenvalue weighted by atomic mass is 35.5. The first kappa shape index (κ1) is 17.4. The number of hydrogen-bond donors (Lipinski definition) is 3. The molecule has 0 fully saturated rings. The number of hydrogen-bond acceptors (Lipinski definition) is 3. The molecule has 0 saturated carbocycles. The molecule has 0 aliphatic carbocycles. The van der Waals surface area contributed by atoms with Gasteiger partial charge in [-0.25, -0.2) is 0 Å². The van der Waals surface area contributed by atoms with Crippen molar-refractivity contribution in [3.8, 4) is 0 Å². The molecule has 6 heteroatoms. The number of halogens is 1. The van der Waals surface area contributed by atoms with Gasteiger partial charge in [-0.1, -0.05) is 24.3 Å². The highest BCUT2D eigenvalue weighted by Gasteiger charge is 2.11. The zero-order chi connectivity index (χ0) is 13.5. The molecule has 0 spiro atoms. The standard InChI is InChI=1S/C13H19N3O2.ClH/c1-9-5-3-4-6-11(9)10(2)16-13(18)8-15-12(17)7-14;/h3-6,10H,7-8,14H2,1-2H3,(H,15,17)(H,16,18);1H. The number of carbonyl (C=O) groups is 2. The molecular weight excluding hydrogens is 266 g/mol. The second-order valence-electron chi connectivity index (χ2n) is 4.13. The number of nitrogens with one attached hydrogen (secondary N) is 2. The summed E-state index contributed by atoms with van der Waals surface area (Å²) in [5.41, 5.74) is 7.31. The molecule has 19 heavy (non-hydrogen) atoms. The van der Waals surface area contributed by atoms with Crippen molar-refractivity contribution in [3.63, 3.8) is 0 Å². The average Bonchev–Trinajstić information content (AvgIpc) is 2.36. The van der Waals surface area contributed by atoms with Crippen molar-refractivity contribution in [2.24, 2.45) is 5.73 Å². The van der Waals surface area contributed by atoms with Gasteiger partial charge in [0.15, 0.2) is 0 Å². The Morgan fingerprint density at radius 2 is 1.89 bits per heavy atom. The lowest BCUT2D eigenvalue weighted by Gasteiger charge is -2.16. The Bertz CT molecular complexity index is 438. The molecule has 1 aromatic carbocycles. The third-order valence-corrected chi connectivity index (χ3v) is 2.66. The number of aryl methyl sites for hydroxylation is 1. The quantitative estimate of drug-likeness (QED) is 0.743. The van der Waals surface area contributed by atoms with E-state index in [1.54, 1.807) is 0 Å². The maximum atomic E-state index is 11.6. The molecule has 0 aliphatic rings. The van der Waals surface area contributed by atoms with E-state index in [9.17, 15) is 9.59 Å². The highest BCUT2D eigenvalue weighted by Crippen LogP contribution is 2.16. The number of benzene rings is 1. The van der Waals surface area contributed by atoms with Crippen LogP contribution in [-0.2, 0) is 9.59 Å². The lowest BCUT2D eigenvalue weighted by atomic mass is 10.0. The molecule has 0 aromatic heterocycles. The number of carbonyl (C=O) groups excluding carboxylic acids is 2. The summed E-state index contributed by atoms with van der Waals surface area (Å²) in [6.07, 6.45) is 0. The third-order valence-electron chi connectivity index (χ3n) is 2.66. The normalized spacial score (nSPS) is 11.1. The van der Waals surface area contributed by atoms with Crippen LogP contribution >= 0.6 is 12.4 Å². The first-order valence-electron chi connectivity index (χ1n) is 5.86. The summed E-state index contributed by atoms with van der Waals surface area (Å²) >= 11 is 0. The van der Waals surface area contributed by atoms with Crippen LogP contribution in [0.1, 0.15) is 24.1 Å². The van der Waals surface area contributed by atoms with Gasteiger partial charge in [0.05, 0.1) is 19.1 Å². The van der Waals surface area contributed by atoms with E-state index in [0.717, 1.165) is 11.1 Å². The monoisotopic (exact) mass is 285 g/mol. The van der Waals surface area contributed by atoms with Crippen LogP contribution in [0.15, 0.2) is 24.3 Å². The SMILES string of the molecule is Cc1ccccc1C(C)NC(=O)CNC(=O)CN.Cl. The Hall–Kier alpha value is -1.59. The fourth-order valence-corrected chi connectivity index (χ4v) is 1.69. The van der Waals surface area contributed by atoms with Crippen LogP contribution in [0.3, 0.4) is 0 Å². The van der Waals surface area contributed by atoms with Gasteiger partial charge in [0.1, 0.15) is 0 Å². The molecule has 0 radical (unpaired) electrons. The second kappa shape index (κ2) is 8.50. The predicted octanol–water partition coefficient (Wildman–Crippen LogP) is 0.669. The maximum Gasteiger partial charge on any atom is 0.239 e. The molecule has 1 rings (SSSR count). The molecule has 0 bridgehead atoms. The summed E-state index contributed by atoms with van der Waals surface area (Å²) in [6, 6.07) is 7.76. The highest BCUT2D eigenvalue weighted by molar-refractivity contribution is 5.85. The minimum Gasteiger partial charge on any atom is -0.348 e. The summed E-state index contributed by atoms with van der Waals surface area (Å²) in [7, 11) is 0. The largest absolute Gasteiger partial charge is 0.348 e. The summed E-state index contributed by atoms with van der Waals surface area (Å²) in [5.74, 6) is -0.568. The van der Waals surface area contributed by atoms with Crippen molar-refractivity contribution in [1.82, 2.24) is 10.6 Å². The van der Waals surface area contributed by atoms with Crippen molar-refractivity contribution < 1.29 is 9.59 Å². The van der Waals surface area contributed by atoms with E-state index in [1.165, 1.54) is 0 Å². The topological polar surface area (TPSA) is 84.2 Å². The average molecular weight is 286 g/mol. The van der Waals surface area contributed by atoms with Crippen molar-refractivity contribution in [3.05, 3.63) is 35.4 Å². The summed E-state index contributed by atoms with van der Waals surface area (Å²) in [5, 5.41) is 5.25. The Morgan fingerprint density at radius 3 is 2.47 bits per heavy atom. The first-order valence-corrected chi connectivity index (χ1v) is 5.86. The smallest absolute Gasteiger partial charge is 0.239 e. The summed E-state index contributed by atoms with van der Waals surface area (Å²) < 4.78 is 0. The van der Waals surface area contributed by atoms with Gasteiger partial charge in [-0.15, -0.1) is 12.4 Å². The number of rotatable bonds is 5. The molecule has 106 valence electrons. The molecule has 2 amide bonds. The van der Waals surface area contributed by atoms with Gasteiger partial charge < -0.3 is 16.4 Å². The van der Waals surface area contributed by atoms with Gasteiger partial charge in [0.2, 0.25) is 11.8 Å². The lowest BCUT2D eigenvalue weighted by Crippen LogP contribution is -2.40. The van der Waals surface area contributed by atoms with Crippen LogP contribution in [0.4, 0.5) is 0 Å². The van der Waals surface area contributed by atoms with E-state index in [-0.39, 0.29) is 43.4 Å². The maximum absolute atomic E-state index is 11.6. The third kappa shape index (κ3) is 5.72. The van der Waals surface area contributed by atoms with Crippen molar-refractivity contribution in [2.45, 2.75) is 19.9 Å². The van der Waals surface area contributed by atoms with E-state index < -0.39 is 0 Å². The Morgan fingerprint density at radius 1 is 1.26 bits per heavy atom. The molecule has 1 aromatic rings. The fourth-order valence-electron chi connectivity index (χ4n) is 1.69. The first-order chi connectivity index (χ1) is 8.54. The predicted molar refractivity (Wildman–Crippen MR) is 77.0 cm³/mol. The van der Waals surface area contributed by atoms with Gasteiger partial charge in [-0.2, -0.15) is 0 Å². The van der Waals surface area contributed by atoms with Gasteiger partial charge >= 0.3 is 0 Å². The molecule has 5 nitrogen and oxygen atoms in total. The molecule has 1 atom stereocenters. The Balaban J connectivity index is 0.00000324. The number of amides is 2. The van der Waals surface area contributed by atoms with E-state index in [2.05, 4.69) is 10.6 Å². The van der Waals surface area contributed by atoms with E-state index in [1.807, 2.05) is 38.1 Å². The van der Waals surface area contributed by atoms with Gasteiger partial charge in [-0.05, 0) is 25.0 Å². The summed E-state index contributed by atoms with van der Waals surface area (Å²) in [4.78, 5) is 22.5. The van der Waals surface area contributed by atoms with Gasteiger partial charge in [0, 0.05) is 0 Å². The zero-order valence-electron chi connectivity index (χ0n) is 11.1. The van der Waals surface area contributed by atoms with Crippen LogP contribution in [0, 0.1) is 6.92 Å². The van der Waals surface area contributed by atoms with E-state index in [4.69, 9.17) is 5.73 Å². The van der Waals surface area contributed by atoms with E-state index in [0.29, 0.717) is 0 Å². The summed E-state index contributed by atoms with van der Waals surface area (Å²) in [6.45, 7) is 3.74. The number of nitrogens with two attached hydrogens (primary N) is 1. The van der Waals surface area contributed by atoms with Gasteiger partial charge in [-0.3, -0.25) is 9.59 Å². The van der Waals surface area contributed by atoms with Crippen molar-refractivity contribution in [2.75, 3.05) is 13.1 Å². The molecular formula is C13H20ClN3O2. The minimum absolute atomic E-state index is 0. The molecule has 1 unspecified atom stereocenters. The Kier molecular flexibility index (Phi) is 7.79. The molecule has 0 saturated heterocycles. The minimum atomic E-state index is -0.339. The lowest BCUT2D eigenvalue weighted by molar-refractivity contribution is -0.125. The van der Waals surface area contributed by atoms with Gasteiger partial charge in [0.25, 0.3) is 0 Å².